The van der Waals surface area contributed by atoms with Gasteiger partial charge in [-0.05, 0) is 16.9 Å². The molecule has 0 saturated carbocycles. The normalized spacial score (nSPS) is 12.7. The number of nitro groups is 1. The van der Waals surface area contributed by atoms with E-state index in [1.54, 1.807) is 24.9 Å². The number of rotatable bonds is 6. The van der Waals surface area contributed by atoms with E-state index in [0.717, 1.165) is 5.56 Å². The van der Waals surface area contributed by atoms with Crippen molar-refractivity contribution in [3.63, 3.8) is 0 Å². The molecule has 0 radical (unpaired) electrons. The van der Waals surface area contributed by atoms with Crippen molar-refractivity contribution >= 4 is 23.1 Å². The summed E-state index contributed by atoms with van der Waals surface area (Å²) in [5.74, 6) is 0. The lowest BCUT2D eigenvalue weighted by Crippen LogP contribution is -2.09. The first-order valence-corrected chi connectivity index (χ1v) is 6.58. The van der Waals surface area contributed by atoms with E-state index in [1.807, 2.05) is 0 Å². The van der Waals surface area contributed by atoms with Crippen LogP contribution in [0.25, 0.3) is 0 Å². The Hall–Kier alpha value is -1.27. The zero-order chi connectivity index (χ0) is 13.7. The van der Waals surface area contributed by atoms with Gasteiger partial charge in [0.15, 0.2) is 0 Å². The summed E-state index contributed by atoms with van der Waals surface area (Å²) in [5, 5.41) is 11.2. The number of methoxy groups -OCH3 is 1. The topological polar surface area (TPSA) is 78.4 Å². The first-order valence-electron chi connectivity index (χ1n) is 5.64. The Labute approximate surface area is 111 Å². The molecule has 0 bridgehead atoms. The predicted octanol–water partition coefficient (Wildman–Crippen LogP) is 3.01. The molecule has 1 rings (SSSR count). The minimum absolute atomic E-state index is 0.00917. The van der Waals surface area contributed by atoms with Crippen LogP contribution in [0, 0.1) is 10.1 Å². The Kier molecular flexibility index (Phi) is 5.43. The van der Waals surface area contributed by atoms with Crippen molar-refractivity contribution in [1.29, 1.82) is 0 Å². The Bertz CT molecular complexity index is 424. The zero-order valence-corrected chi connectivity index (χ0v) is 11.6. The molecule has 0 aliphatic carbocycles. The van der Waals surface area contributed by atoms with Crippen molar-refractivity contribution in [3.8, 4) is 0 Å². The summed E-state index contributed by atoms with van der Waals surface area (Å²) in [5.41, 5.74) is 7.30. The summed E-state index contributed by atoms with van der Waals surface area (Å²) in [6.07, 6.45) is 0. The third kappa shape index (κ3) is 3.89. The van der Waals surface area contributed by atoms with E-state index in [1.165, 1.54) is 12.1 Å². The van der Waals surface area contributed by atoms with Gasteiger partial charge in [0.25, 0.3) is 5.69 Å². The molecule has 18 heavy (non-hydrogen) atoms. The molecule has 0 aliphatic rings. The molecule has 2 N–H and O–H groups in total. The predicted molar refractivity (Wildman–Crippen MR) is 74.9 cm³/mol. The smallest absolute Gasteiger partial charge is 0.269 e. The van der Waals surface area contributed by atoms with Crippen LogP contribution in [0.2, 0.25) is 0 Å². The summed E-state index contributed by atoms with van der Waals surface area (Å²) in [6.45, 7) is 4.62. The van der Waals surface area contributed by atoms with Gasteiger partial charge in [-0.1, -0.05) is 13.8 Å². The number of nitrogens with two attached hydrogens (primary N) is 1. The maximum absolute atomic E-state index is 10.8. The van der Waals surface area contributed by atoms with Crippen molar-refractivity contribution < 1.29 is 9.66 Å². The maximum atomic E-state index is 10.8. The van der Waals surface area contributed by atoms with Gasteiger partial charge in [-0.15, -0.1) is 11.8 Å². The number of non-ortho nitro benzene ring substituents is 1. The van der Waals surface area contributed by atoms with Crippen LogP contribution in [-0.2, 0) is 4.74 Å². The molecular formula is C12H18N2O3S. The van der Waals surface area contributed by atoms with Gasteiger partial charge in [-0.3, -0.25) is 10.1 Å². The van der Waals surface area contributed by atoms with Crippen molar-refractivity contribution in [1.82, 2.24) is 0 Å². The Morgan fingerprint density at radius 2 is 2.17 bits per heavy atom. The van der Waals surface area contributed by atoms with Crippen LogP contribution in [0.15, 0.2) is 18.2 Å². The number of thioether (sulfide) groups is 1. The first-order chi connectivity index (χ1) is 8.45. The third-order valence-electron chi connectivity index (χ3n) is 2.38. The summed E-state index contributed by atoms with van der Waals surface area (Å²) in [6, 6.07) is 4.54. The van der Waals surface area contributed by atoms with Gasteiger partial charge in [-0.25, -0.2) is 0 Å². The molecule has 1 unspecified atom stereocenters. The second-order valence-corrected chi connectivity index (χ2v) is 5.98. The molecule has 1 atom stereocenters. The van der Waals surface area contributed by atoms with Crippen molar-refractivity contribution in [2.75, 3.05) is 19.5 Å². The van der Waals surface area contributed by atoms with E-state index in [2.05, 4.69) is 13.8 Å². The molecule has 0 heterocycles. The lowest BCUT2D eigenvalue weighted by molar-refractivity contribution is -0.384. The highest BCUT2D eigenvalue weighted by molar-refractivity contribution is 8.00. The van der Waals surface area contributed by atoms with Crippen molar-refractivity contribution in [2.45, 2.75) is 24.3 Å². The lowest BCUT2D eigenvalue weighted by Gasteiger charge is -2.19. The zero-order valence-electron chi connectivity index (χ0n) is 10.8. The molecule has 5 nitrogen and oxygen atoms in total. The molecule has 0 spiro atoms. The first kappa shape index (κ1) is 14.8. The molecule has 0 amide bonds. The number of hydrogen-bond acceptors (Lipinski definition) is 5. The van der Waals surface area contributed by atoms with Crippen LogP contribution in [-0.4, -0.2) is 23.9 Å². The number of nitrogen functional groups attached to an aromatic ring is 1. The summed E-state index contributed by atoms with van der Waals surface area (Å²) in [7, 11) is 1.61. The van der Waals surface area contributed by atoms with E-state index in [-0.39, 0.29) is 10.9 Å². The molecule has 0 aliphatic heterocycles. The molecule has 1 aromatic carbocycles. The summed E-state index contributed by atoms with van der Waals surface area (Å²) < 4.78 is 5.17. The number of ether oxygens (including phenoxy) is 1. The van der Waals surface area contributed by atoms with Crippen LogP contribution >= 0.6 is 11.8 Å². The number of nitro benzene ring substituents is 1. The van der Waals surface area contributed by atoms with Gasteiger partial charge in [-0.2, -0.15) is 0 Å². The fourth-order valence-electron chi connectivity index (χ4n) is 1.64. The molecular weight excluding hydrogens is 252 g/mol. The number of benzene rings is 1. The minimum Gasteiger partial charge on any atom is -0.398 e. The average Bonchev–Trinajstić information content (AvgIpc) is 2.28. The fraction of sp³-hybridized carbons (Fsp3) is 0.500. The number of hydrogen-bond donors (Lipinski definition) is 1. The van der Waals surface area contributed by atoms with Gasteiger partial charge in [0.1, 0.15) is 0 Å². The highest BCUT2D eigenvalue weighted by Crippen LogP contribution is 2.37. The van der Waals surface area contributed by atoms with Gasteiger partial charge in [0.05, 0.1) is 16.8 Å². The Balaban J connectivity index is 3.09. The Morgan fingerprint density at radius 1 is 1.50 bits per heavy atom. The molecule has 100 valence electrons. The monoisotopic (exact) mass is 270 g/mol. The van der Waals surface area contributed by atoms with E-state index >= 15 is 0 Å². The van der Waals surface area contributed by atoms with Crippen molar-refractivity contribution in [3.05, 3.63) is 33.9 Å². The van der Waals surface area contributed by atoms with Gasteiger partial charge in [0, 0.05) is 24.9 Å². The average molecular weight is 270 g/mol. The number of anilines is 1. The largest absolute Gasteiger partial charge is 0.398 e. The SMILES string of the molecule is COCC(SC(C)C)c1cc([N+](=O)[O-])ccc1N. The highest BCUT2D eigenvalue weighted by Gasteiger charge is 2.19. The summed E-state index contributed by atoms with van der Waals surface area (Å²) >= 11 is 1.68. The minimum atomic E-state index is -0.410. The van der Waals surface area contributed by atoms with E-state index in [4.69, 9.17) is 10.5 Å². The quantitative estimate of drug-likeness (QED) is 0.488. The fourth-order valence-corrected chi connectivity index (χ4v) is 2.86. The van der Waals surface area contributed by atoms with Crippen LogP contribution in [0.1, 0.15) is 24.7 Å². The van der Waals surface area contributed by atoms with Crippen LogP contribution in [0.3, 0.4) is 0 Å². The summed E-state index contributed by atoms with van der Waals surface area (Å²) in [4.78, 5) is 10.4. The highest BCUT2D eigenvalue weighted by atomic mass is 32.2. The molecule has 0 saturated heterocycles. The van der Waals surface area contributed by atoms with E-state index in [0.29, 0.717) is 17.5 Å². The second-order valence-electron chi connectivity index (χ2n) is 4.20. The second kappa shape index (κ2) is 6.61. The molecule has 0 aromatic heterocycles. The van der Waals surface area contributed by atoms with Crippen molar-refractivity contribution in [2.24, 2.45) is 0 Å². The standard InChI is InChI=1S/C12H18N2O3S/c1-8(2)18-12(7-17-3)10-6-9(14(15)16)4-5-11(10)13/h4-6,8,12H,7,13H2,1-3H3. The van der Waals surface area contributed by atoms with Crippen LogP contribution < -0.4 is 5.73 Å². The molecule has 0 fully saturated rings. The maximum Gasteiger partial charge on any atom is 0.269 e. The van der Waals surface area contributed by atoms with Gasteiger partial charge < -0.3 is 10.5 Å². The number of nitrogens with zero attached hydrogens (tertiary/aromatic N) is 1. The Morgan fingerprint density at radius 3 is 2.67 bits per heavy atom. The third-order valence-corrected chi connectivity index (χ3v) is 3.65. The lowest BCUT2D eigenvalue weighted by atomic mass is 10.1. The van der Waals surface area contributed by atoms with E-state index < -0.39 is 4.92 Å². The van der Waals surface area contributed by atoms with Crippen LogP contribution in [0.5, 0.6) is 0 Å². The molecule has 6 heteroatoms. The molecule has 1 aromatic rings. The van der Waals surface area contributed by atoms with Crippen LogP contribution in [0.4, 0.5) is 11.4 Å². The van der Waals surface area contributed by atoms with Gasteiger partial charge >= 0.3 is 0 Å². The van der Waals surface area contributed by atoms with E-state index in [9.17, 15) is 10.1 Å². The van der Waals surface area contributed by atoms with Gasteiger partial charge in [0.2, 0.25) is 0 Å².